The molecule has 1 heterocycles. The van der Waals surface area contributed by atoms with Crippen LogP contribution < -0.4 is 0 Å². The summed E-state index contributed by atoms with van der Waals surface area (Å²) >= 11 is 0. The Morgan fingerprint density at radius 3 is 2.53 bits per heavy atom. The van der Waals surface area contributed by atoms with Gasteiger partial charge in [0.15, 0.2) is 0 Å². The summed E-state index contributed by atoms with van der Waals surface area (Å²) in [6.07, 6.45) is 7.68. The van der Waals surface area contributed by atoms with E-state index in [1.165, 1.54) is 51.6 Å². The number of hydrogen-bond donors (Lipinski definition) is 1. The predicted octanol–water partition coefficient (Wildman–Crippen LogP) is 2.66. The molecule has 1 N–H and O–H groups in total. The summed E-state index contributed by atoms with van der Waals surface area (Å²) in [4.78, 5) is 2.53. The van der Waals surface area contributed by atoms with Gasteiger partial charge in [0.25, 0.3) is 0 Å². The van der Waals surface area contributed by atoms with Crippen LogP contribution in [0.15, 0.2) is 0 Å². The maximum Gasteiger partial charge on any atom is 0.0586 e. The quantitative estimate of drug-likeness (QED) is 0.759. The molecule has 0 bridgehead atoms. The first-order chi connectivity index (χ1) is 7.31. The van der Waals surface area contributed by atoms with Crippen molar-refractivity contribution < 1.29 is 5.11 Å². The highest BCUT2D eigenvalue weighted by atomic mass is 16.3. The lowest BCUT2D eigenvalue weighted by molar-refractivity contribution is 0.106. The lowest BCUT2D eigenvalue weighted by Gasteiger charge is -2.31. The molecule has 1 fully saturated rings. The minimum absolute atomic E-state index is 0.347. The van der Waals surface area contributed by atoms with Crippen LogP contribution in [0.25, 0.3) is 0 Å². The Bertz CT molecular complexity index is 157. The van der Waals surface area contributed by atoms with Gasteiger partial charge in [0.1, 0.15) is 0 Å². The molecule has 0 aromatic heterocycles. The molecule has 1 aliphatic heterocycles. The molecule has 1 atom stereocenters. The van der Waals surface area contributed by atoms with Crippen LogP contribution >= 0.6 is 0 Å². The fourth-order valence-corrected chi connectivity index (χ4v) is 2.56. The van der Waals surface area contributed by atoms with Gasteiger partial charge in [-0.2, -0.15) is 0 Å². The third kappa shape index (κ3) is 4.12. The largest absolute Gasteiger partial charge is 0.395 e. The second-order valence-corrected chi connectivity index (χ2v) is 4.86. The van der Waals surface area contributed by atoms with Crippen molar-refractivity contribution in [3.05, 3.63) is 0 Å². The van der Waals surface area contributed by atoms with E-state index < -0.39 is 0 Å². The van der Waals surface area contributed by atoms with Gasteiger partial charge in [0.05, 0.1) is 6.61 Å². The minimum Gasteiger partial charge on any atom is -0.395 e. The van der Waals surface area contributed by atoms with Crippen LogP contribution in [0.1, 0.15) is 52.4 Å². The van der Waals surface area contributed by atoms with Gasteiger partial charge in [0.2, 0.25) is 0 Å². The molecule has 2 heteroatoms. The van der Waals surface area contributed by atoms with Crippen molar-refractivity contribution in [1.82, 2.24) is 4.90 Å². The molecule has 0 amide bonds. The molecular weight excluding hydrogens is 186 g/mol. The summed E-state index contributed by atoms with van der Waals surface area (Å²) in [6.45, 7) is 7.29. The van der Waals surface area contributed by atoms with Crippen molar-refractivity contribution in [2.45, 2.75) is 58.4 Å². The van der Waals surface area contributed by atoms with Crippen molar-refractivity contribution in [3.63, 3.8) is 0 Å². The lowest BCUT2D eigenvalue weighted by Crippen LogP contribution is -2.40. The zero-order chi connectivity index (χ0) is 11.1. The Morgan fingerprint density at radius 1 is 1.20 bits per heavy atom. The van der Waals surface area contributed by atoms with Crippen LogP contribution in [0.2, 0.25) is 0 Å². The maximum absolute atomic E-state index is 9.40. The van der Waals surface area contributed by atoms with E-state index in [0.717, 1.165) is 5.92 Å². The Hall–Kier alpha value is -0.0800. The monoisotopic (exact) mass is 213 g/mol. The van der Waals surface area contributed by atoms with E-state index in [2.05, 4.69) is 18.7 Å². The Kier molecular flexibility index (Phi) is 6.26. The van der Waals surface area contributed by atoms with Gasteiger partial charge in [0, 0.05) is 12.6 Å². The van der Waals surface area contributed by atoms with Gasteiger partial charge in [-0.3, -0.25) is 4.90 Å². The van der Waals surface area contributed by atoms with Crippen LogP contribution in [0, 0.1) is 5.92 Å². The average Bonchev–Trinajstić information content (AvgIpc) is 2.50. The van der Waals surface area contributed by atoms with E-state index in [-0.39, 0.29) is 0 Å². The summed E-state index contributed by atoms with van der Waals surface area (Å²) in [5.41, 5.74) is 0. The number of nitrogens with zero attached hydrogens (tertiary/aromatic N) is 1. The molecule has 0 saturated carbocycles. The van der Waals surface area contributed by atoms with Crippen molar-refractivity contribution in [2.24, 2.45) is 5.92 Å². The normalized spacial score (nSPS) is 24.4. The zero-order valence-corrected chi connectivity index (χ0v) is 10.4. The molecule has 0 aliphatic carbocycles. The molecule has 1 aliphatic rings. The molecule has 0 aromatic carbocycles. The number of likely N-dealkylation sites (tertiary alicyclic amines) is 1. The second kappa shape index (κ2) is 7.24. The minimum atomic E-state index is 0.347. The van der Waals surface area contributed by atoms with E-state index in [9.17, 15) is 5.11 Å². The molecule has 0 spiro atoms. The number of rotatable bonds is 5. The summed E-state index contributed by atoms with van der Waals surface area (Å²) in [7, 11) is 0. The molecule has 1 saturated heterocycles. The average molecular weight is 213 g/mol. The summed E-state index contributed by atoms with van der Waals surface area (Å²) in [6, 6.07) is 0.438. The van der Waals surface area contributed by atoms with Gasteiger partial charge < -0.3 is 5.11 Å². The van der Waals surface area contributed by atoms with Gasteiger partial charge in [-0.1, -0.05) is 39.5 Å². The third-order valence-electron chi connectivity index (χ3n) is 3.86. The zero-order valence-electron chi connectivity index (χ0n) is 10.4. The van der Waals surface area contributed by atoms with Crippen molar-refractivity contribution in [3.8, 4) is 0 Å². The number of aliphatic hydroxyl groups is 1. The van der Waals surface area contributed by atoms with E-state index in [0.29, 0.717) is 12.6 Å². The lowest BCUT2D eigenvalue weighted by atomic mass is 10.0. The standard InChI is InChI=1S/C13H27NO/c1-3-12(4-2)10-14-9-7-5-6-8-13(14)11-15/h12-13,15H,3-11H2,1-2H3. The molecule has 2 nitrogen and oxygen atoms in total. The molecular formula is C13H27NO. The third-order valence-corrected chi connectivity index (χ3v) is 3.86. The van der Waals surface area contributed by atoms with Crippen LogP contribution in [-0.4, -0.2) is 35.7 Å². The van der Waals surface area contributed by atoms with Gasteiger partial charge in [-0.25, -0.2) is 0 Å². The predicted molar refractivity (Wildman–Crippen MR) is 65.0 cm³/mol. The summed E-state index contributed by atoms with van der Waals surface area (Å²) < 4.78 is 0. The van der Waals surface area contributed by atoms with Gasteiger partial charge >= 0.3 is 0 Å². The Balaban J connectivity index is 2.46. The van der Waals surface area contributed by atoms with Crippen LogP contribution in [0.5, 0.6) is 0 Å². The fourth-order valence-electron chi connectivity index (χ4n) is 2.56. The first-order valence-corrected chi connectivity index (χ1v) is 6.66. The Morgan fingerprint density at radius 2 is 1.93 bits per heavy atom. The number of hydrogen-bond acceptors (Lipinski definition) is 2. The topological polar surface area (TPSA) is 23.5 Å². The van der Waals surface area contributed by atoms with Gasteiger partial charge in [-0.15, -0.1) is 0 Å². The SMILES string of the molecule is CCC(CC)CN1CCCCCC1CO. The molecule has 90 valence electrons. The fraction of sp³-hybridized carbons (Fsp3) is 1.00. The smallest absolute Gasteiger partial charge is 0.0586 e. The van der Waals surface area contributed by atoms with E-state index in [1.807, 2.05) is 0 Å². The second-order valence-electron chi connectivity index (χ2n) is 4.86. The van der Waals surface area contributed by atoms with E-state index in [1.54, 1.807) is 0 Å². The first-order valence-electron chi connectivity index (χ1n) is 6.66. The molecule has 0 radical (unpaired) electrons. The summed E-state index contributed by atoms with van der Waals surface area (Å²) in [5.74, 6) is 0.817. The van der Waals surface area contributed by atoms with E-state index >= 15 is 0 Å². The van der Waals surface area contributed by atoms with Crippen LogP contribution in [-0.2, 0) is 0 Å². The first kappa shape index (κ1) is 13.0. The molecule has 15 heavy (non-hydrogen) atoms. The molecule has 1 unspecified atom stereocenters. The molecule has 0 aromatic rings. The maximum atomic E-state index is 9.40. The van der Waals surface area contributed by atoms with E-state index in [4.69, 9.17) is 0 Å². The highest BCUT2D eigenvalue weighted by molar-refractivity contribution is 4.76. The molecule has 1 rings (SSSR count). The van der Waals surface area contributed by atoms with Gasteiger partial charge in [-0.05, 0) is 25.3 Å². The summed E-state index contributed by atoms with van der Waals surface area (Å²) in [5, 5.41) is 9.40. The van der Waals surface area contributed by atoms with Crippen molar-refractivity contribution in [1.29, 1.82) is 0 Å². The highest BCUT2D eigenvalue weighted by Gasteiger charge is 2.21. The highest BCUT2D eigenvalue weighted by Crippen LogP contribution is 2.19. The Labute approximate surface area is 94.7 Å². The number of aliphatic hydroxyl groups excluding tert-OH is 1. The van der Waals surface area contributed by atoms with Crippen molar-refractivity contribution >= 4 is 0 Å². The van der Waals surface area contributed by atoms with Crippen molar-refractivity contribution in [2.75, 3.05) is 19.7 Å². The van der Waals surface area contributed by atoms with Crippen LogP contribution in [0.4, 0.5) is 0 Å². The van der Waals surface area contributed by atoms with Crippen LogP contribution in [0.3, 0.4) is 0 Å².